The molecule has 1 unspecified atom stereocenters. The molecular weight excluding hydrogens is 402 g/mol. The van der Waals surface area contributed by atoms with Gasteiger partial charge in [-0.3, -0.25) is 14.5 Å². The molecule has 3 aromatic rings. The monoisotopic (exact) mass is 425 g/mol. The van der Waals surface area contributed by atoms with Gasteiger partial charge in [-0.05, 0) is 55.3 Å². The fourth-order valence-corrected chi connectivity index (χ4v) is 4.45. The van der Waals surface area contributed by atoms with Crippen molar-refractivity contribution in [3.63, 3.8) is 0 Å². The summed E-state index contributed by atoms with van der Waals surface area (Å²) < 4.78 is 5.56. The Labute approximate surface area is 186 Å². The van der Waals surface area contributed by atoms with Gasteiger partial charge in [0.05, 0.1) is 18.2 Å². The highest BCUT2D eigenvalue weighted by molar-refractivity contribution is 6.51. The molecule has 1 N–H and O–H groups in total. The molecule has 0 radical (unpaired) electrons. The maximum atomic E-state index is 13.2. The van der Waals surface area contributed by atoms with Crippen LogP contribution in [0.3, 0.4) is 0 Å². The summed E-state index contributed by atoms with van der Waals surface area (Å²) in [5, 5.41) is 11.3. The van der Waals surface area contributed by atoms with Crippen LogP contribution in [0.5, 0.6) is 5.75 Å². The van der Waals surface area contributed by atoms with E-state index < -0.39 is 17.7 Å². The van der Waals surface area contributed by atoms with Crippen LogP contribution in [0.1, 0.15) is 33.9 Å². The molecule has 160 valence electrons. The Kier molecular flexibility index (Phi) is 4.82. The van der Waals surface area contributed by atoms with E-state index in [4.69, 9.17) is 4.74 Å². The summed E-state index contributed by atoms with van der Waals surface area (Å²) in [5.41, 5.74) is 5.04. The number of anilines is 1. The van der Waals surface area contributed by atoms with Crippen LogP contribution in [0.2, 0.25) is 0 Å². The standard InChI is InChI=1S/C27H23NO4/c1-16-6-9-21(10-7-16)28-24(19-5-3-4-17(2)14-19)23(26(30)27(28)31)25(29)20-8-11-22-18(15-20)12-13-32-22/h3-11,14-15,24,29H,12-13H2,1-2H3/b25-23-. The Hall–Kier alpha value is -3.86. The largest absolute Gasteiger partial charge is 0.507 e. The fourth-order valence-electron chi connectivity index (χ4n) is 4.45. The van der Waals surface area contributed by atoms with E-state index in [-0.39, 0.29) is 11.3 Å². The number of ether oxygens (including phenoxy) is 1. The number of fused-ring (bicyclic) bond motifs is 1. The Bertz CT molecular complexity index is 1270. The highest BCUT2D eigenvalue weighted by atomic mass is 16.5. The first-order valence-electron chi connectivity index (χ1n) is 10.6. The lowest BCUT2D eigenvalue weighted by atomic mass is 9.93. The van der Waals surface area contributed by atoms with Crippen molar-refractivity contribution in [1.29, 1.82) is 0 Å². The lowest BCUT2D eigenvalue weighted by molar-refractivity contribution is -0.132. The summed E-state index contributed by atoms with van der Waals surface area (Å²) in [4.78, 5) is 27.9. The summed E-state index contributed by atoms with van der Waals surface area (Å²) in [7, 11) is 0. The van der Waals surface area contributed by atoms with Crippen LogP contribution in [-0.4, -0.2) is 23.4 Å². The average molecular weight is 425 g/mol. The molecule has 1 saturated heterocycles. The molecule has 3 aromatic carbocycles. The van der Waals surface area contributed by atoms with E-state index in [2.05, 4.69) is 0 Å². The van der Waals surface area contributed by atoms with Gasteiger partial charge in [-0.25, -0.2) is 0 Å². The van der Waals surface area contributed by atoms with Gasteiger partial charge in [0, 0.05) is 17.7 Å². The van der Waals surface area contributed by atoms with E-state index in [1.165, 1.54) is 4.90 Å². The van der Waals surface area contributed by atoms with Gasteiger partial charge in [0.15, 0.2) is 0 Å². The number of nitrogens with zero attached hydrogens (tertiary/aromatic N) is 1. The van der Waals surface area contributed by atoms with E-state index in [9.17, 15) is 14.7 Å². The number of hydrogen-bond acceptors (Lipinski definition) is 4. The van der Waals surface area contributed by atoms with Crippen molar-refractivity contribution in [2.24, 2.45) is 0 Å². The van der Waals surface area contributed by atoms with Gasteiger partial charge in [0.25, 0.3) is 11.7 Å². The van der Waals surface area contributed by atoms with E-state index in [1.807, 2.05) is 68.4 Å². The molecule has 2 aliphatic heterocycles. The second-order valence-electron chi connectivity index (χ2n) is 8.34. The van der Waals surface area contributed by atoms with Gasteiger partial charge in [-0.15, -0.1) is 0 Å². The second kappa shape index (κ2) is 7.68. The smallest absolute Gasteiger partial charge is 0.300 e. The van der Waals surface area contributed by atoms with Gasteiger partial charge in [0.2, 0.25) is 0 Å². The first-order valence-corrected chi connectivity index (χ1v) is 10.6. The summed E-state index contributed by atoms with van der Waals surface area (Å²) in [6.45, 7) is 4.52. The number of rotatable bonds is 3. The molecule has 1 fully saturated rings. The number of benzene rings is 3. The van der Waals surface area contributed by atoms with E-state index in [1.54, 1.807) is 12.1 Å². The minimum absolute atomic E-state index is 0.0973. The van der Waals surface area contributed by atoms with Crippen LogP contribution < -0.4 is 9.64 Å². The number of carbonyl (C=O) groups is 2. The third-order valence-corrected chi connectivity index (χ3v) is 6.08. The molecule has 0 aliphatic carbocycles. The van der Waals surface area contributed by atoms with Crippen molar-refractivity contribution in [2.45, 2.75) is 26.3 Å². The average Bonchev–Trinajstić information content (AvgIpc) is 3.36. The highest BCUT2D eigenvalue weighted by Gasteiger charge is 2.47. The predicted molar refractivity (Wildman–Crippen MR) is 123 cm³/mol. The molecule has 2 aliphatic rings. The maximum absolute atomic E-state index is 13.2. The zero-order valence-corrected chi connectivity index (χ0v) is 18.0. The van der Waals surface area contributed by atoms with Gasteiger partial charge >= 0.3 is 0 Å². The number of aliphatic hydroxyl groups is 1. The van der Waals surface area contributed by atoms with Crippen LogP contribution in [-0.2, 0) is 16.0 Å². The van der Waals surface area contributed by atoms with Gasteiger partial charge in [-0.1, -0.05) is 47.5 Å². The molecule has 32 heavy (non-hydrogen) atoms. The molecule has 2 heterocycles. The topological polar surface area (TPSA) is 66.8 Å². The predicted octanol–water partition coefficient (Wildman–Crippen LogP) is 4.86. The maximum Gasteiger partial charge on any atom is 0.300 e. The molecule has 0 bridgehead atoms. The lowest BCUT2D eigenvalue weighted by Crippen LogP contribution is -2.29. The van der Waals surface area contributed by atoms with Crippen LogP contribution in [0.15, 0.2) is 72.3 Å². The number of aliphatic hydroxyl groups excluding tert-OH is 1. The van der Waals surface area contributed by atoms with E-state index in [0.29, 0.717) is 17.9 Å². The van der Waals surface area contributed by atoms with Crippen molar-refractivity contribution < 1.29 is 19.4 Å². The quantitative estimate of drug-likeness (QED) is 0.370. The molecule has 1 atom stereocenters. The number of aryl methyl sites for hydroxylation is 2. The third-order valence-electron chi connectivity index (χ3n) is 6.08. The Morgan fingerprint density at radius 3 is 2.50 bits per heavy atom. The highest BCUT2D eigenvalue weighted by Crippen LogP contribution is 2.42. The van der Waals surface area contributed by atoms with E-state index >= 15 is 0 Å². The van der Waals surface area contributed by atoms with Crippen LogP contribution >= 0.6 is 0 Å². The molecule has 5 nitrogen and oxygen atoms in total. The lowest BCUT2D eigenvalue weighted by Gasteiger charge is -2.26. The van der Waals surface area contributed by atoms with Crippen molar-refractivity contribution in [1.82, 2.24) is 0 Å². The Morgan fingerprint density at radius 1 is 0.969 bits per heavy atom. The summed E-state index contributed by atoms with van der Waals surface area (Å²) in [6, 6.07) is 19.8. The Morgan fingerprint density at radius 2 is 1.75 bits per heavy atom. The normalized spacial score (nSPS) is 19.2. The minimum atomic E-state index is -0.720. The zero-order chi connectivity index (χ0) is 22.4. The van der Waals surface area contributed by atoms with Crippen LogP contribution in [0.4, 0.5) is 5.69 Å². The number of amides is 1. The molecule has 0 saturated carbocycles. The number of hydrogen-bond donors (Lipinski definition) is 1. The second-order valence-corrected chi connectivity index (χ2v) is 8.34. The number of ketones is 1. The van der Waals surface area contributed by atoms with Crippen molar-refractivity contribution in [3.8, 4) is 5.75 Å². The molecule has 0 aromatic heterocycles. The summed E-state index contributed by atoms with van der Waals surface area (Å²) in [5.74, 6) is -0.714. The molecule has 5 rings (SSSR count). The van der Waals surface area contributed by atoms with Crippen molar-refractivity contribution in [3.05, 3.63) is 100 Å². The molecule has 1 amide bonds. The molecule has 5 heteroatoms. The first-order chi connectivity index (χ1) is 15.4. The first kappa shape index (κ1) is 20.1. The number of Topliss-reactive ketones (excluding diaryl/α,β-unsaturated/α-hetero) is 1. The third kappa shape index (κ3) is 3.26. The van der Waals surface area contributed by atoms with Crippen LogP contribution in [0, 0.1) is 13.8 Å². The SMILES string of the molecule is Cc1ccc(N2C(=O)C(=O)/C(=C(\O)c3ccc4c(c3)CCO4)C2c2cccc(C)c2)cc1. The Balaban J connectivity index is 1.71. The van der Waals surface area contributed by atoms with Gasteiger partial charge < -0.3 is 9.84 Å². The molecular formula is C27H23NO4. The fraction of sp³-hybridized carbons (Fsp3) is 0.185. The van der Waals surface area contributed by atoms with Crippen molar-refractivity contribution in [2.75, 3.05) is 11.5 Å². The minimum Gasteiger partial charge on any atom is -0.507 e. The molecule has 0 spiro atoms. The number of carbonyl (C=O) groups excluding carboxylic acids is 2. The van der Waals surface area contributed by atoms with Crippen LogP contribution in [0.25, 0.3) is 5.76 Å². The zero-order valence-electron chi connectivity index (χ0n) is 18.0. The summed E-state index contributed by atoms with van der Waals surface area (Å²) >= 11 is 0. The summed E-state index contributed by atoms with van der Waals surface area (Å²) in [6.07, 6.45) is 0.745. The van der Waals surface area contributed by atoms with Gasteiger partial charge in [0.1, 0.15) is 11.5 Å². The van der Waals surface area contributed by atoms with Gasteiger partial charge in [-0.2, -0.15) is 0 Å². The van der Waals surface area contributed by atoms with Crippen molar-refractivity contribution >= 4 is 23.1 Å². The van der Waals surface area contributed by atoms with E-state index in [0.717, 1.165) is 34.4 Å².